The van der Waals surface area contributed by atoms with E-state index in [-0.39, 0.29) is 29.5 Å². The van der Waals surface area contributed by atoms with Gasteiger partial charge in [-0.15, -0.1) is 11.3 Å². The van der Waals surface area contributed by atoms with E-state index in [4.69, 9.17) is 23.2 Å². The summed E-state index contributed by atoms with van der Waals surface area (Å²) in [6.07, 6.45) is 7.92. The Morgan fingerprint density at radius 1 is 0.792 bits per heavy atom. The third kappa shape index (κ3) is 6.87. The highest BCUT2D eigenvalue weighted by Crippen LogP contribution is 2.43. The van der Waals surface area contributed by atoms with E-state index in [2.05, 4.69) is 31.2 Å². The van der Waals surface area contributed by atoms with Crippen LogP contribution >= 0.6 is 34.5 Å². The highest BCUT2D eigenvalue weighted by molar-refractivity contribution is 7.15. The molecule has 0 radical (unpaired) electrons. The average Bonchev–Trinajstić information content (AvgIpc) is 3.84. The number of nitrogens with zero attached hydrogens (tertiary/aromatic N) is 3. The number of nitrogens with one attached hydrogen (secondary N) is 4. The Hall–Kier alpha value is -4.13. The Morgan fingerprint density at radius 3 is 2.08 bits per heavy atom. The summed E-state index contributed by atoms with van der Waals surface area (Å²) in [7, 11) is 0. The van der Waals surface area contributed by atoms with Crippen molar-refractivity contribution in [2.24, 2.45) is 0 Å². The number of hydrogen-bond acceptors (Lipinski definition) is 8. The van der Waals surface area contributed by atoms with Crippen molar-refractivity contribution < 1.29 is 9.59 Å². The molecule has 5 heterocycles. The van der Waals surface area contributed by atoms with E-state index in [1.54, 1.807) is 23.7 Å². The number of aromatic nitrogens is 3. The van der Waals surface area contributed by atoms with Gasteiger partial charge in [-0.1, -0.05) is 59.6 Å². The Labute approximate surface area is 290 Å². The fourth-order valence-corrected chi connectivity index (χ4v) is 7.85. The molecule has 0 saturated carbocycles. The third-order valence-corrected chi connectivity index (χ3v) is 10.6. The van der Waals surface area contributed by atoms with E-state index in [0.717, 1.165) is 50.5 Å². The molecule has 7 rings (SSSR count). The summed E-state index contributed by atoms with van der Waals surface area (Å²) in [6, 6.07) is 15.7. The SMILES string of the molecule is O=C1CC[C@H](CNCc2ncc(-c3cccc(-c4cccc(-c5ccn6c(=O)c(CNC[C@@H]7CCC(=O)N7)cnc6c5)c4Cl)c3Cl)s2)N1. The molecule has 0 spiro atoms. The molecule has 2 fully saturated rings. The van der Waals surface area contributed by atoms with Crippen molar-refractivity contribution in [1.29, 1.82) is 0 Å². The Kier molecular flexibility index (Phi) is 9.56. The first-order chi connectivity index (χ1) is 23.3. The minimum Gasteiger partial charge on any atom is -0.352 e. The summed E-state index contributed by atoms with van der Waals surface area (Å²) in [5.41, 5.74) is 4.97. The van der Waals surface area contributed by atoms with Crippen LogP contribution in [-0.4, -0.2) is 51.4 Å². The summed E-state index contributed by atoms with van der Waals surface area (Å²) in [5, 5.41) is 14.6. The molecule has 0 aliphatic carbocycles. The van der Waals surface area contributed by atoms with E-state index in [0.29, 0.717) is 60.3 Å². The summed E-state index contributed by atoms with van der Waals surface area (Å²) < 4.78 is 1.53. The molecule has 2 aliphatic rings. The molecule has 3 aromatic heterocycles. The number of hydrogen-bond donors (Lipinski definition) is 4. The molecule has 246 valence electrons. The lowest BCUT2D eigenvalue weighted by Gasteiger charge is -2.14. The molecular formula is C35H33Cl2N7O3S. The van der Waals surface area contributed by atoms with Crippen LogP contribution in [0.5, 0.6) is 0 Å². The van der Waals surface area contributed by atoms with Gasteiger partial charge in [0.05, 0.1) is 14.9 Å². The van der Waals surface area contributed by atoms with E-state index in [9.17, 15) is 14.4 Å². The van der Waals surface area contributed by atoms with Crippen molar-refractivity contribution >= 4 is 52.0 Å². The van der Waals surface area contributed by atoms with Crippen molar-refractivity contribution in [1.82, 2.24) is 35.6 Å². The van der Waals surface area contributed by atoms with Crippen molar-refractivity contribution in [2.45, 2.75) is 50.9 Å². The number of thiazole rings is 1. The van der Waals surface area contributed by atoms with E-state index in [1.807, 2.05) is 54.7 Å². The number of carbonyl (C=O) groups excluding carboxylic acids is 2. The molecule has 5 aromatic rings. The topological polar surface area (TPSA) is 130 Å². The monoisotopic (exact) mass is 701 g/mol. The molecule has 4 N–H and O–H groups in total. The van der Waals surface area contributed by atoms with Crippen LogP contribution in [0.25, 0.3) is 38.3 Å². The number of amides is 2. The minimum atomic E-state index is -0.151. The number of rotatable bonds is 11. The van der Waals surface area contributed by atoms with Crippen LogP contribution in [0, 0.1) is 0 Å². The molecule has 2 aliphatic heterocycles. The first-order valence-electron chi connectivity index (χ1n) is 15.9. The van der Waals surface area contributed by atoms with Gasteiger partial charge in [-0.05, 0) is 30.5 Å². The lowest BCUT2D eigenvalue weighted by atomic mass is 9.97. The number of benzene rings is 2. The van der Waals surface area contributed by atoms with E-state index < -0.39 is 0 Å². The van der Waals surface area contributed by atoms with E-state index in [1.165, 1.54) is 4.40 Å². The molecule has 0 unspecified atom stereocenters. The van der Waals surface area contributed by atoms with Crippen LogP contribution in [0.3, 0.4) is 0 Å². The summed E-state index contributed by atoms with van der Waals surface area (Å²) >= 11 is 15.7. The van der Waals surface area contributed by atoms with Crippen LogP contribution < -0.4 is 26.8 Å². The number of carbonyl (C=O) groups is 2. The standard InChI is InChI=1S/C35H33Cl2N7O3S/c36-33-24(20-11-12-44-29(13-20)40-15-21(35(44)47)14-38-16-22-7-9-30(45)42-22)3-1-4-25(33)26-5-2-6-27(34(26)37)28-18-41-32(48-28)19-39-17-23-8-10-31(46)43-23/h1-6,11-13,15,18,22-23,38-39H,7-10,14,16-17,19H2,(H,42,45)(H,43,46)/t22-,23+/m0/s1. The molecular weight excluding hydrogens is 669 g/mol. The molecule has 13 heteroatoms. The van der Waals surface area contributed by atoms with Gasteiger partial charge in [0.25, 0.3) is 5.56 Å². The lowest BCUT2D eigenvalue weighted by molar-refractivity contribution is -0.120. The van der Waals surface area contributed by atoms with E-state index >= 15 is 0 Å². The minimum absolute atomic E-state index is 0.0652. The first-order valence-corrected chi connectivity index (χ1v) is 17.4. The maximum atomic E-state index is 13.2. The zero-order chi connectivity index (χ0) is 33.2. The average molecular weight is 703 g/mol. The maximum absolute atomic E-state index is 13.2. The van der Waals surface area contributed by atoms with Crippen LogP contribution in [0.2, 0.25) is 10.0 Å². The van der Waals surface area contributed by atoms with Gasteiger partial charge in [0, 0.05) is 97.5 Å². The fourth-order valence-electron chi connectivity index (χ4n) is 6.21. The van der Waals surface area contributed by atoms with Gasteiger partial charge in [-0.2, -0.15) is 0 Å². The third-order valence-electron chi connectivity index (χ3n) is 8.74. The number of pyridine rings is 1. The quantitative estimate of drug-likeness (QED) is 0.149. The first kappa shape index (κ1) is 32.4. The van der Waals surface area contributed by atoms with Crippen molar-refractivity contribution in [2.75, 3.05) is 13.1 Å². The maximum Gasteiger partial charge on any atom is 0.262 e. The van der Waals surface area contributed by atoms with Crippen molar-refractivity contribution in [3.63, 3.8) is 0 Å². The normalized spacial score (nSPS) is 17.6. The lowest BCUT2D eigenvalue weighted by Crippen LogP contribution is -2.36. The highest BCUT2D eigenvalue weighted by atomic mass is 35.5. The Morgan fingerprint density at radius 2 is 1.42 bits per heavy atom. The Balaban J connectivity index is 1.08. The summed E-state index contributed by atoms with van der Waals surface area (Å²) in [5.74, 6) is 0.173. The second-order valence-corrected chi connectivity index (χ2v) is 13.9. The molecule has 10 nitrogen and oxygen atoms in total. The summed E-state index contributed by atoms with van der Waals surface area (Å²) in [6.45, 7) is 2.27. The Bertz CT molecular complexity index is 2080. The van der Waals surface area contributed by atoms with Gasteiger partial charge < -0.3 is 21.3 Å². The van der Waals surface area contributed by atoms with Gasteiger partial charge in [-0.3, -0.25) is 18.8 Å². The van der Waals surface area contributed by atoms with Gasteiger partial charge in [0.15, 0.2) is 0 Å². The van der Waals surface area contributed by atoms with Gasteiger partial charge in [0.2, 0.25) is 11.8 Å². The predicted octanol–water partition coefficient (Wildman–Crippen LogP) is 5.20. The van der Waals surface area contributed by atoms with Gasteiger partial charge in [0.1, 0.15) is 10.7 Å². The van der Waals surface area contributed by atoms with Crippen molar-refractivity contribution in [3.8, 4) is 32.7 Å². The molecule has 2 saturated heterocycles. The largest absolute Gasteiger partial charge is 0.352 e. The second-order valence-electron chi connectivity index (χ2n) is 12.1. The molecule has 48 heavy (non-hydrogen) atoms. The van der Waals surface area contributed by atoms with Gasteiger partial charge >= 0.3 is 0 Å². The van der Waals surface area contributed by atoms with Crippen LogP contribution in [0.15, 0.2) is 71.9 Å². The summed E-state index contributed by atoms with van der Waals surface area (Å²) in [4.78, 5) is 46.2. The fraction of sp³-hybridized carbons (Fsp3) is 0.286. The molecule has 2 aromatic carbocycles. The van der Waals surface area contributed by atoms with Gasteiger partial charge in [-0.25, -0.2) is 9.97 Å². The van der Waals surface area contributed by atoms with Crippen LogP contribution in [0.4, 0.5) is 0 Å². The predicted molar refractivity (Wildman–Crippen MR) is 189 cm³/mol. The molecule has 2 amide bonds. The number of halogens is 2. The highest BCUT2D eigenvalue weighted by Gasteiger charge is 2.22. The smallest absolute Gasteiger partial charge is 0.262 e. The van der Waals surface area contributed by atoms with Crippen LogP contribution in [0.1, 0.15) is 36.3 Å². The van der Waals surface area contributed by atoms with Crippen molar-refractivity contribution in [3.05, 3.63) is 98.1 Å². The zero-order valence-corrected chi connectivity index (χ0v) is 28.2. The second kappa shape index (κ2) is 14.2. The molecule has 0 bridgehead atoms. The zero-order valence-electron chi connectivity index (χ0n) is 25.9. The number of fused-ring (bicyclic) bond motifs is 1. The van der Waals surface area contributed by atoms with Crippen LogP contribution in [-0.2, 0) is 22.7 Å². The molecule has 2 atom stereocenters.